The van der Waals surface area contributed by atoms with Crippen LogP contribution >= 0.6 is 0 Å². The van der Waals surface area contributed by atoms with Crippen molar-refractivity contribution in [3.05, 3.63) is 59.8 Å². The SMILES string of the molecule is CC1CCN(C(=O)c2ccc(N(Cc3ccccc3)C3CC3)nc2)CC1. The molecule has 4 rings (SSSR count). The lowest BCUT2D eigenvalue weighted by Gasteiger charge is -2.30. The molecule has 1 aromatic heterocycles. The van der Waals surface area contributed by atoms with Crippen LogP contribution in [0.3, 0.4) is 0 Å². The first-order chi connectivity index (χ1) is 12.7. The largest absolute Gasteiger partial charge is 0.349 e. The van der Waals surface area contributed by atoms with Crippen LogP contribution in [0.15, 0.2) is 48.7 Å². The summed E-state index contributed by atoms with van der Waals surface area (Å²) in [6.45, 7) is 4.86. The highest BCUT2D eigenvalue weighted by molar-refractivity contribution is 5.94. The first-order valence-electron chi connectivity index (χ1n) is 9.76. The van der Waals surface area contributed by atoms with E-state index in [4.69, 9.17) is 0 Å². The summed E-state index contributed by atoms with van der Waals surface area (Å²) in [5.74, 6) is 1.82. The van der Waals surface area contributed by atoms with Gasteiger partial charge in [-0.25, -0.2) is 4.98 Å². The van der Waals surface area contributed by atoms with E-state index in [1.165, 1.54) is 18.4 Å². The third-order valence-corrected chi connectivity index (χ3v) is 5.54. The van der Waals surface area contributed by atoms with Gasteiger partial charge in [-0.1, -0.05) is 37.3 Å². The number of carbonyl (C=O) groups excluding carboxylic acids is 1. The smallest absolute Gasteiger partial charge is 0.255 e. The number of aromatic nitrogens is 1. The molecule has 136 valence electrons. The van der Waals surface area contributed by atoms with Crippen molar-refractivity contribution in [2.45, 2.75) is 45.2 Å². The fraction of sp³-hybridized carbons (Fsp3) is 0.455. The molecule has 0 radical (unpaired) electrons. The minimum Gasteiger partial charge on any atom is -0.349 e. The van der Waals surface area contributed by atoms with Crippen molar-refractivity contribution in [2.24, 2.45) is 5.92 Å². The van der Waals surface area contributed by atoms with Gasteiger partial charge >= 0.3 is 0 Å². The molecule has 0 N–H and O–H groups in total. The molecule has 1 aliphatic heterocycles. The molecule has 1 saturated carbocycles. The fourth-order valence-electron chi connectivity index (χ4n) is 3.64. The van der Waals surface area contributed by atoms with Crippen LogP contribution in [0.4, 0.5) is 5.82 Å². The molecule has 2 aliphatic rings. The number of anilines is 1. The maximum atomic E-state index is 12.7. The second kappa shape index (κ2) is 7.48. The van der Waals surface area contributed by atoms with Crippen LogP contribution in [0.5, 0.6) is 0 Å². The van der Waals surface area contributed by atoms with Crippen molar-refractivity contribution in [1.29, 1.82) is 0 Å². The molecular weight excluding hydrogens is 322 g/mol. The highest BCUT2D eigenvalue weighted by Gasteiger charge is 2.30. The molecule has 2 heterocycles. The number of rotatable bonds is 5. The van der Waals surface area contributed by atoms with E-state index < -0.39 is 0 Å². The van der Waals surface area contributed by atoms with Gasteiger partial charge in [0.1, 0.15) is 5.82 Å². The van der Waals surface area contributed by atoms with Gasteiger partial charge in [-0.05, 0) is 49.3 Å². The number of hydrogen-bond donors (Lipinski definition) is 0. The lowest BCUT2D eigenvalue weighted by atomic mass is 9.99. The van der Waals surface area contributed by atoms with Crippen LogP contribution in [-0.2, 0) is 6.54 Å². The Kier molecular flexibility index (Phi) is 4.91. The Bertz CT molecular complexity index is 732. The normalized spacial score (nSPS) is 18.0. The number of pyridine rings is 1. The predicted octanol–water partition coefficient (Wildman–Crippen LogP) is 4.12. The van der Waals surface area contributed by atoms with Gasteiger partial charge in [-0.2, -0.15) is 0 Å². The van der Waals surface area contributed by atoms with Gasteiger partial charge < -0.3 is 9.80 Å². The van der Waals surface area contributed by atoms with Gasteiger partial charge in [-0.3, -0.25) is 4.79 Å². The highest BCUT2D eigenvalue weighted by atomic mass is 16.2. The van der Waals surface area contributed by atoms with Gasteiger partial charge in [0.05, 0.1) is 5.56 Å². The standard InChI is InChI=1S/C22H27N3O/c1-17-11-13-24(14-12-17)22(26)19-7-10-21(23-15-19)25(20-8-9-20)16-18-5-3-2-4-6-18/h2-7,10,15,17,20H,8-9,11-14,16H2,1H3. The molecule has 2 aromatic rings. The number of hydrogen-bond acceptors (Lipinski definition) is 3. The van der Waals surface area contributed by atoms with Crippen LogP contribution in [0, 0.1) is 5.92 Å². The van der Waals surface area contributed by atoms with Crippen molar-refractivity contribution >= 4 is 11.7 Å². The van der Waals surface area contributed by atoms with Crippen molar-refractivity contribution in [3.63, 3.8) is 0 Å². The molecule has 2 fully saturated rings. The molecule has 1 aliphatic carbocycles. The summed E-state index contributed by atoms with van der Waals surface area (Å²) in [4.78, 5) is 21.7. The lowest BCUT2D eigenvalue weighted by molar-refractivity contribution is 0.0697. The number of carbonyl (C=O) groups is 1. The fourth-order valence-corrected chi connectivity index (χ4v) is 3.64. The molecule has 4 nitrogen and oxygen atoms in total. The van der Waals surface area contributed by atoms with E-state index in [9.17, 15) is 4.79 Å². The van der Waals surface area contributed by atoms with E-state index in [0.717, 1.165) is 44.2 Å². The molecule has 4 heteroatoms. The average molecular weight is 349 g/mol. The second-order valence-electron chi connectivity index (χ2n) is 7.72. The van der Waals surface area contributed by atoms with Crippen LogP contribution < -0.4 is 4.90 Å². The summed E-state index contributed by atoms with van der Waals surface area (Å²) in [6.07, 6.45) is 6.41. The maximum absolute atomic E-state index is 12.7. The molecule has 0 atom stereocenters. The number of nitrogens with zero attached hydrogens (tertiary/aromatic N) is 3. The first kappa shape index (κ1) is 17.1. The number of likely N-dealkylation sites (tertiary alicyclic amines) is 1. The summed E-state index contributed by atoms with van der Waals surface area (Å²) in [5, 5.41) is 0. The van der Waals surface area contributed by atoms with Gasteiger partial charge in [-0.15, -0.1) is 0 Å². The van der Waals surface area contributed by atoms with Crippen molar-refractivity contribution < 1.29 is 4.79 Å². The van der Waals surface area contributed by atoms with Crippen molar-refractivity contribution in [1.82, 2.24) is 9.88 Å². The van der Waals surface area contributed by atoms with E-state index in [1.807, 2.05) is 23.1 Å². The number of piperidine rings is 1. The highest BCUT2D eigenvalue weighted by Crippen LogP contribution is 2.32. The minimum atomic E-state index is 0.122. The molecule has 1 saturated heterocycles. The zero-order valence-corrected chi connectivity index (χ0v) is 15.5. The maximum Gasteiger partial charge on any atom is 0.255 e. The van der Waals surface area contributed by atoms with Gasteiger partial charge in [0.2, 0.25) is 0 Å². The molecular formula is C22H27N3O. The summed E-state index contributed by atoms with van der Waals surface area (Å²) in [5.41, 5.74) is 2.00. The third kappa shape index (κ3) is 3.90. The summed E-state index contributed by atoms with van der Waals surface area (Å²) < 4.78 is 0. The van der Waals surface area contributed by atoms with Crippen LogP contribution in [0.25, 0.3) is 0 Å². The molecule has 0 unspecified atom stereocenters. The zero-order chi connectivity index (χ0) is 17.9. The Balaban J connectivity index is 1.46. The second-order valence-corrected chi connectivity index (χ2v) is 7.72. The Morgan fingerprint density at radius 1 is 1.08 bits per heavy atom. The van der Waals surface area contributed by atoms with Crippen molar-refractivity contribution in [3.8, 4) is 0 Å². The molecule has 0 spiro atoms. The van der Waals surface area contributed by atoms with E-state index in [1.54, 1.807) is 6.20 Å². The summed E-state index contributed by atoms with van der Waals surface area (Å²) in [6, 6.07) is 15.1. The average Bonchev–Trinajstić information content (AvgIpc) is 3.52. The topological polar surface area (TPSA) is 36.4 Å². The molecule has 0 bridgehead atoms. The Hall–Kier alpha value is -2.36. The molecule has 1 aromatic carbocycles. The molecule has 1 amide bonds. The minimum absolute atomic E-state index is 0.122. The van der Waals surface area contributed by atoms with Gasteiger partial charge in [0, 0.05) is 31.9 Å². The van der Waals surface area contributed by atoms with Crippen LogP contribution in [0.1, 0.15) is 48.5 Å². The monoisotopic (exact) mass is 349 g/mol. The van der Waals surface area contributed by atoms with Gasteiger partial charge in [0.15, 0.2) is 0 Å². The van der Waals surface area contributed by atoms with Crippen molar-refractivity contribution in [2.75, 3.05) is 18.0 Å². The van der Waals surface area contributed by atoms with Crippen LogP contribution in [0.2, 0.25) is 0 Å². The number of benzene rings is 1. The quantitative estimate of drug-likeness (QED) is 0.814. The Morgan fingerprint density at radius 2 is 1.81 bits per heavy atom. The summed E-state index contributed by atoms with van der Waals surface area (Å²) in [7, 11) is 0. The van der Waals surface area contributed by atoms with E-state index in [0.29, 0.717) is 11.6 Å². The lowest BCUT2D eigenvalue weighted by Crippen LogP contribution is -2.38. The number of amides is 1. The Labute approximate surface area is 155 Å². The van der Waals surface area contributed by atoms with Crippen LogP contribution in [-0.4, -0.2) is 34.9 Å². The summed E-state index contributed by atoms with van der Waals surface area (Å²) >= 11 is 0. The van der Waals surface area contributed by atoms with Gasteiger partial charge in [0.25, 0.3) is 5.91 Å². The third-order valence-electron chi connectivity index (χ3n) is 5.54. The molecule has 26 heavy (non-hydrogen) atoms. The van der Waals surface area contributed by atoms with E-state index in [-0.39, 0.29) is 5.91 Å². The van der Waals surface area contributed by atoms with E-state index in [2.05, 4.69) is 41.1 Å². The Morgan fingerprint density at radius 3 is 2.42 bits per heavy atom. The zero-order valence-electron chi connectivity index (χ0n) is 15.5. The van der Waals surface area contributed by atoms with E-state index >= 15 is 0 Å². The predicted molar refractivity (Wildman–Crippen MR) is 104 cm³/mol. The first-order valence-corrected chi connectivity index (χ1v) is 9.76.